The number of Topliss-reactive ketones (excluding diaryl/α,β-unsaturated/α-hetero) is 1. The molecule has 5 heteroatoms. The van der Waals surface area contributed by atoms with Gasteiger partial charge in [-0.2, -0.15) is 0 Å². The Bertz CT molecular complexity index is 567. The maximum absolute atomic E-state index is 12.5. The number of carbonyl (C=O) groups excluding carboxylic acids is 2. The van der Waals surface area contributed by atoms with Crippen LogP contribution in [0.3, 0.4) is 0 Å². The van der Waals surface area contributed by atoms with Crippen LogP contribution in [-0.4, -0.2) is 24.8 Å². The van der Waals surface area contributed by atoms with Gasteiger partial charge in [0, 0.05) is 10.4 Å². The van der Waals surface area contributed by atoms with Crippen LogP contribution >= 0.6 is 15.9 Å². The zero-order valence-electron chi connectivity index (χ0n) is 11.8. The second-order valence-electron chi connectivity index (χ2n) is 5.68. The number of hydrogen-bond acceptors (Lipinski definition) is 3. The molecule has 1 fully saturated rings. The maximum Gasteiger partial charge on any atom is 0.265 e. The van der Waals surface area contributed by atoms with Crippen molar-refractivity contribution in [2.45, 2.75) is 32.1 Å². The van der Waals surface area contributed by atoms with Crippen molar-refractivity contribution in [2.24, 2.45) is 5.92 Å². The summed E-state index contributed by atoms with van der Waals surface area (Å²) in [5.74, 6) is 0.805. The maximum atomic E-state index is 12.5. The number of fused-ring (bicyclic) bond motifs is 1. The first-order chi connectivity index (χ1) is 10.1. The molecule has 1 saturated carbocycles. The van der Waals surface area contributed by atoms with Crippen molar-refractivity contribution in [3.63, 3.8) is 0 Å². The van der Waals surface area contributed by atoms with Crippen molar-refractivity contribution in [1.82, 2.24) is 0 Å². The Kier molecular flexibility index (Phi) is 4.29. The van der Waals surface area contributed by atoms with Crippen LogP contribution in [0.15, 0.2) is 22.7 Å². The topological polar surface area (TPSA) is 46.6 Å². The Morgan fingerprint density at radius 1 is 1.29 bits per heavy atom. The highest BCUT2D eigenvalue weighted by atomic mass is 79.9. The number of ketones is 1. The van der Waals surface area contributed by atoms with E-state index < -0.39 is 0 Å². The summed E-state index contributed by atoms with van der Waals surface area (Å²) in [6.07, 6.45) is 5.38. The lowest BCUT2D eigenvalue weighted by Crippen LogP contribution is -2.43. The Labute approximate surface area is 132 Å². The Hall–Kier alpha value is -1.36. The van der Waals surface area contributed by atoms with E-state index in [9.17, 15) is 9.59 Å². The third-order valence-electron chi connectivity index (χ3n) is 4.24. The number of rotatable bonds is 3. The molecule has 0 bridgehead atoms. The summed E-state index contributed by atoms with van der Waals surface area (Å²) in [5.41, 5.74) is 0.685. The number of amides is 1. The van der Waals surface area contributed by atoms with E-state index in [1.54, 1.807) is 4.90 Å². The van der Waals surface area contributed by atoms with Gasteiger partial charge in [0.15, 0.2) is 12.4 Å². The van der Waals surface area contributed by atoms with Crippen LogP contribution in [0.5, 0.6) is 5.75 Å². The highest BCUT2D eigenvalue weighted by Gasteiger charge is 2.30. The van der Waals surface area contributed by atoms with Crippen LogP contribution in [0, 0.1) is 5.92 Å². The summed E-state index contributed by atoms with van der Waals surface area (Å²) in [4.78, 5) is 26.2. The minimum absolute atomic E-state index is 0.00653. The lowest BCUT2D eigenvalue weighted by atomic mass is 9.86. The van der Waals surface area contributed by atoms with Crippen molar-refractivity contribution >= 4 is 33.3 Å². The average molecular weight is 352 g/mol. The van der Waals surface area contributed by atoms with Crippen molar-refractivity contribution < 1.29 is 14.3 Å². The lowest BCUT2D eigenvalue weighted by Gasteiger charge is -2.30. The van der Waals surface area contributed by atoms with E-state index in [4.69, 9.17) is 4.74 Å². The first-order valence-electron chi connectivity index (χ1n) is 7.40. The molecule has 0 unspecified atom stereocenters. The van der Waals surface area contributed by atoms with Gasteiger partial charge in [0.2, 0.25) is 0 Å². The predicted octanol–water partition coefficient (Wildman–Crippen LogP) is 3.32. The van der Waals surface area contributed by atoms with Gasteiger partial charge in [-0.25, -0.2) is 0 Å². The largest absolute Gasteiger partial charge is 0.482 e. The molecule has 1 aliphatic heterocycles. The molecule has 112 valence electrons. The average Bonchev–Trinajstić information content (AvgIpc) is 2.51. The van der Waals surface area contributed by atoms with Crippen LogP contribution in [0.1, 0.15) is 32.1 Å². The van der Waals surface area contributed by atoms with Crippen molar-refractivity contribution in [2.75, 3.05) is 18.1 Å². The van der Waals surface area contributed by atoms with E-state index in [0.29, 0.717) is 11.4 Å². The van der Waals surface area contributed by atoms with Crippen molar-refractivity contribution in [1.29, 1.82) is 0 Å². The number of halogens is 1. The highest BCUT2D eigenvalue weighted by molar-refractivity contribution is 9.10. The highest BCUT2D eigenvalue weighted by Crippen LogP contribution is 2.35. The minimum atomic E-state index is -0.148. The standard InChI is InChI=1S/C16H18BrNO3/c17-12-6-7-15-13(8-12)18(16(20)10-21-15)9-14(19)11-4-2-1-3-5-11/h6-8,11H,1-5,9-10H2. The molecule has 21 heavy (non-hydrogen) atoms. The Balaban J connectivity index is 1.79. The first kappa shape index (κ1) is 14.6. The lowest BCUT2D eigenvalue weighted by molar-refractivity contribution is -0.126. The Morgan fingerprint density at radius 3 is 2.81 bits per heavy atom. The fraction of sp³-hybridized carbons (Fsp3) is 0.500. The summed E-state index contributed by atoms with van der Waals surface area (Å²) in [6, 6.07) is 5.53. The summed E-state index contributed by atoms with van der Waals surface area (Å²) in [5, 5.41) is 0. The van der Waals surface area contributed by atoms with Gasteiger partial charge in [0.05, 0.1) is 12.2 Å². The third kappa shape index (κ3) is 3.12. The molecule has 1 aromatic carbocycles. The number of hydrogen-bond donors (Lipinski definition) is 0. The fourth-order valence-corrected chi connectivity index (χ4v) is 3.41. The minimum Gasteiger partial charge on any atom is -0.482 e. The number of ether oxygens (including phenoxy) is 1. The molecule has 2 aliphatic rings. The Morgan fingerprint density at radius 2 is 2.05 bits per heavy atom. The van der Waals surface area contributed by atoms with E-state index >= 15 is 0 Å². The zero-order valence-corrected chi connectivity index (χ0v) is 13.4. The molecule has 3 rings (SSSR count). The third-order valence-corrected chi connectivity index (χ3v) is 4.73. The number of carbonyl (C=O) groups is 2. The number of anilines is 1. The van der Waals surface area contributed by atoms with Gasteiger partial charge in [0.1, 0.15) is 5.75 Å². The SMILES string of the molecule is O=C(CN1C(=O)COc2ccc(Br)cc21)C1CCCCC1. The molecule has 0 spiro atoms. The molecule has 1 aromatic rings. The van der Waals surface area contributed by atoms with Crippen molar-refractivity contribution in [3.05, 3.63) is 22.7 Å². The molecular formula is C16H18BrNO3. The number of nitrogens with zero attached hydrogens (tertiary/aromatic N) is 1. The number of benzene rings is 1. The summed E-state index contributed by atoms with van der Waals surface area (Å²) >= 11 is 3.40. The fourth-order valence-electron chi connectivity index (χ4n) is 3.06. The van der Waals surface area contributed by atoms with Gasteiger partial charge < -0.3 is 4.74 Å². The summed E-state index contributed by atoms with van der Waals surface area (Å²) in [7, 11) is 0. The first-order valence-corrected chi connectivity index (χ1v) is 8.20. The van der Waals surface area contributed by atoms with Gasteiger partial charge in [-0.3, -0.25) is 14.5 Å². The van der Waals surface area contributed by atoms with Crippen LogP contribution < -0.4 is 9.64 Å². The van der Waals surface area contributed by atoms with Gasteiger partial charge in [0.25, 0.3) is 5.91 Å². The predicted molar refractivity (Wildman–Crippen MR) is 83.6 cm³/mol. The second kappa shape index (κ2) is 6.18. The summed E-state index contributed by atoms with van der Waals surface area (Å²) < 4.78 is 6.29. The molecule has 0 aromatic heterocycles. The smallest absolute Gasteiger partial charge is 0.265 e. The molecule has 1 heterocycles. The molecule has 0 radical (unpaired) electrons. The zero-order chi connectivity index (χ0) is 14.8. The second-order valence-corrected chi connectivity index (χ2v) is 6.60. The molecule has 1 aliphatic carbocycles. The molecule has 1 amide bonds. The van der Waals surface area contributed by atoms with E-state index in [2.05, 4.69) is 15.9 Å². The van der Waals surface area contributed by atoms with E-state index in [0.717, 1.165) is 30.2 Å². The molecular weight excluding hydrogens is 334 g/mol. The van der Waals surface area contributed by atoms with Crippen molar-refractivity contribution in [3.8, 4) is 5.75 Å². The molecule has 0 saturated heterocycles. The van der Waals surface area contributed by atoms with E-state index in [1.165, 1.54) is 6.42 Å². The monoisotopic (exact) mass is 351 g/mol. The van der Waals surface area contributed by atoms with Gasteiger partial charge in [-0.05, 0) is 31.0 Å². The molecule has 0 N–H and O–H groups in total. The van der Waals surface area contributed by atoms with Gasteiger partial charge >= 0.3 is 0 Å². The van der Waals surface area contributed by atoms with Crippen LogP contribution in [0.25, 0.3) is 0 Å². The van der Waals surface area contributed by atoms with Crippen LogP contribution in [0.4, 0.5) is 5.69 Å². The van der Waals surface area contributed by atoms with Crippen LogP contribution in [0.2, 0.25) is 0 Å². The normalized spacial score (nSPS) is 19.1. The van der Waals surface area contributed by atoms with Crippen LogP contribution in [-0.2, 0) is 9.59 Å². The van der Waals surface area contributed by atoms with E-state index in [1.807, 2.05) is 18.2 Å². The molecule has 0 atom stereocenters. The van der Waals surface area contributed by atoms with Gasteiger partial charge in [-0.15, -0.1) is 0 Å². The van der Waals surface area contributed by atoms with E-state index in [-0.39, 0.29) is 30.8 Å². The quantitative estimate of drug-likeness (QED) is 0.838. The summed E-state index contributed by atoms with van der Waals surface area (Å²) in [6.45, 7) is 0.170. The molecule has 4 nitrogen and oxygen atoms in total. The van der Waals surface area contributed by atoms with Gasteiger partial charge in [-0.1, -0.05) is 35.2 Å².